The fraction of sp³-hybridized carbons (Fsp3) is 0.250. The summed E-state index contributed by atoms with van der Waals surface area (Å²) in [6, 6.07) is 12.6. The van der Waals surface area contributed by atoms with Crippen molar-refractivity contribution in [3.63, 3.8) is 0 Å². The van der Waals surface area contributed by atoms with Crippen LogP contribution in [0.3, 0.4) is 0 Å². The van der Waals surface area contributed by atoms with Crippen LogP contribution < -0.4 is 10.1 Å². The molecule has 1 unspecified atom stereocenters. The summed E-state index contributed by atoms with van der Waals surface area (Å²) in [7, 11) is 1.58. The van der Waals surface area contributed by atoms with E-state index >= 15 is 0 Å². The van der Waals surface area contributed by atoms with E-state index in [1.165, 1.54) is 31.2 Å². The third kappa shape index (κ3) is 4.72. The second-order valence-electron chi connectivity index (χ2n) is 6.47. The molecule has 7 nitrogen and oxygen atoms in total. The first-order valence-electron chi connectivity index (χ1n) is 8.59. The molecule has 1 amide bonds. The van der Waals surface area contributed by atoms with E-state index in [9.17, 15) is 14.3 Å². The minimum Gasteiger partial charge on any atom is -0.497 e. The number of amides is 1. The second-order valence-corrected chi connectivity index (χ2v) is 6.47. The van der Waals surface area contributed by atoms with Crippen LogP contribution in [-0.4, -0.2) is 34.8 Å². The Hall–Kier alpha value is -3.26. The number of aromatic nitrogens is 2. The molecular formula is C20H20FN3O4. The molecule has 1 atom stereocenters. The van der Waals surface area contributed by atoms with Crippen LogP contribution in [0.4, 0.5) is 4.39 Å². The van der Waals surface area contributed by atoms with Gasteiger partial charge in [-0.05, 0) is 48.9 Å². The summed E-state index contributed by atoms with van der Waals surface area (Å²) in [5.74, 6) is 0.452. The second kappa shape index (κ2) is 8.18. The van der Waals surface area contributed by atoms with E-state index in [2.05, 4.69) is 15.5 Å². The first-order chi connectivity index (χ1) is 13.4. The van der Waals surface area contributed by atoms with Gasteiger partial charge in [0.15, 0.2) is 0 Å². The average Bonchev–Trinajstić information content (AvgIpc) is 3.15. The highest BCUT2D eigenvalue weighted by atomic mass is 19.1. The maximum absolute atomic E-state index is 13.0. The highest BCUT2D eigenvalue weighted by molar-refractivity contribution is 5.77. The minimum absolute atomic E-state index is 0.0447. The number of carbonyl (C=O) groups is 1. The van der Waals surface area contributed by atoms with Crippen molar-refractivity contribution >= 4 is 5.91 Å². The standard InChI is InChI=1S/C20H20FN3O4/c1-20(26,14-5-7-15(21)8-6-14)12-22-17(25)11-18-23-19(24-28-18)13-3-9-16(27-2)10-4-13/h3-10,26H,11-12H2,1-2H3,(H,22,25). The number of hydrogen-bond donors (Lipinski definition) is 2. The number of hydrogen-bond acceptors (Lipinski definition) is 6. The number of methoxy groups -OCH3 is 1. The van der Waals surface area contributed by atoms with E-state index in [4.69, 9.17) is 9.26 Å². The molecule has 0 saturated heterocycles. The number of aliphatic hydroxyl groups is 1. The van der Waals surface area contributed by atoms with E-state index in [-0.39, 0.29) is 24.8 Å². The van der Waals surface area contributed by atoms with Crippen molar-refractivity contribution in [2.24, 2.45) is 0 Å². The summed E-state index contributed by atoms with van der Waals surface area (Å²) >= 11 is 0. The van der Waals surface area contributed by atoms with Crippen molar-refractivity contribution in [3.8, 4) is 17.1 Å². The lowest BCUT2D eigenvalue weighted by Crippen LogP contribution is -2.39. The Morgan fingerprint density at radius 3 is 2.54 bits per heavy atom. The number of halogens is 1. The lowest BCUT2D eigenvalue weighted by molar-refractivity contribution is -0.122. The molecule has 0 bridgehead atoms. The lowest BCUT2D eigenvalue weighted by Gasteiger charge is -2.24. The predicted octanol–water partition coefficient (Wildman–Crippen LogP) is 2.45. The Morgan fingerprint density at radius 2 is 1.89 bits per heavy atom. The summed E-state index contributed by atoms with van der Waals surface area (Å²) < 4.78 is 23.2. The van der Waals surface area contributed by atoms with Gasteiger partial charge in [0.1, 0.15) is 23.6 Å². The Morgan fingerprint density at radius 1 is 1.21 bits per heavy atom. The molecular weight excluding hydrogens is 365 g/mol. The predicted molar refractivity (Wildman–Crippen MR) is 99.0 cm³/mol. The van der Waals surface area contributed by atoms with E-state index in [0.29, 0.717) is 17.1 Å². The quantitative estimate of drug-likeness (QED) is 0.648. The van der Waals surface area contributed by atoms with Crippen LogP contribution in [0.1, 0.15) is 18.4 Å². The SMILES string of the molecule is COc1ccc(-c2noc(CC(=O)NCC(C)(O)c3ccc(F)cc3)n2)cc1. The van der Waals surface area contributed by atoms with Gasteiger partial charge in [-0.2, -0.15) is 4.98 Å². The number of rotatable bonds is 7. The van der Waals surface area contributed by atoms with Crippen molar-refractivity contribution in [2.45, 2.75) is 18.9 Å². The molecule has 0 saturated carbocycles. The molecule has 0 aliphatic carbocycles. The molecule has 1 heterocycles. The van der Waals surface area contributed by atoms with Gasteiger partial charge >= 0.3 is 0 Å². The van der Waals surface area contributed by atoms with Gasteiger partial charge in [-0.1, -0.05) is 17.3 Å². The van der Waals surface area contributed by atoms with E-state index in [1.807, 2.05) is 0 Å². The number of ether oxygens (including phenoxy) is 1. The molecule has 0 fully saturated rings. The summed E-state index contributed by atoms with van der Waals surface area (Å²) in [4.78, 5) is 16.4. The molecule has 2 aromatic carbocycles. The maximum atomic E-state index is 13.0. The first-order valence-corrected chi connectivity index (χ1v) is 8.59. The Bertz CT molecular complexity index is 937. The maximum Gasteiger partial charge on any atom is 0.236 e. The Labute approximate surface area is 161 Å². The van der Waals surface area contributed by atoms with Crippen LogP contribution in [0.5, 0.6) is 5.75 Å². The fourth-order valence-corrected chi connectivity index (χ4v) is 2.57. The molecule has 0 aliphatic rings. The van der Waals surface area contributed by atoms with Gasteiger partial charge in [-0.3, -0.25) is 4.79 Å². The molecule has 0 spiro atoms. The lowest BCUT2D eigenvalue weighted by atomic mass is 9.96. The molecule has 3 rings (SSSR count). The van der Waals surface area contributed by atoms with Crippen LogP contribution in [0.25, 0.3) is 11.4 Å². The zero-order valence-electron chi connectivity index (χ0n) is 15.5. The number of carbonyl (C=O) groups excluding carboxylic acids is 1. The molecule has 0 radical (unpaired) electrons. The van der Waals surface area contributed by atoms with Crippen LogP contribution in [0, 0.1) is 5.82 Å². The zero-order valence-corrected chi connectivity index (χ0v) is 15.5. The molecule has 2 N–H and O–H groups in total. The summed E-state index contributed by atoms with van der Waals surface area (Å²) in [6.45, 7) is 1.49. The molecule has 28 heavy (non-hydrogen) atoms. The summed E-state index contributed by atoms with van der Waals surface area (Å²) in [6.07, 6.45) is -0.122. The smallest absolute Gasteiger partial charge is 0.236 e. The van der Waals surface area contributed by atoms with Crippen LogP contribution in [0.2, 0.25) is 0 Å². The molecule has 0 aliphatic heterocycles. The third-order valence-electron chi connectivity index (χ3n) is 4.22. The normalized spacial score (nSPS) is 13.0. The highest BCUT2D eigenvalue weighted by Crippen LogP contribution is 2.21. The van der Waals surface area contributed by atoms with Crippen molar-refractivity contribution in [1.29, 1.82) is 0 Å². The van der Waals surface area contributed by atoms with Crippen molar-refractivity contribution in [1.82, 2.24) is 15.5 Å². The Balaban J connectivity index is 1.57. The van der Waals surface area contributed by atoms with Crippen LogP contribution in [-0.2, 0) is 16.8 Å². The fourth-order valence-electron chi connectivity index (χ4n) is 2.57. The van der Waals surface area contributed by atoms with Crippen molar-refractivity contribution in [3.05, 3.63) is 65.8 Å². The van der Waals surface area contributed by atoms with Gasteiger partial charge in [0.25, 0.3) is 0 Å². The van der Waals surface area contributed by atoms with Gasteiger partial charge in [-0.25, -0.2) is 4.39 Å². The summed E-state index contributed by atoms with van der Waals surface area (Å²) in [5.41, 5.74) is -0.115. The number of nitrogens with one attached hydrogen (secondary N) is 1. The monoisotopic (exact) mass is 385 g/mol. The van der Waals surface area contributed by atoms with Gasteiger partial charge in [0.2, 0.25) is 17.6 Å². The number of benzene rings is 2. The van der Waals surface area contributed by atoms with Crippen molar-refractivity contribution < 1.29 is 23.6 Å². The van der Waals surface area contributed by atoms with Gasteiger partial charge in [0, 0.05) is 5.56 Å². The highest BCUT2D eigenvalue weighted by Gasteiger charge is 2.24. The van der Waals surface area contributed by atoms with Gasteiger partial charge < -0.3 is 19.7 Å². The molecule has 3 aromatic rings. The van der Waals surface area contributed by atoms with Gasteiger partial charge in [-0.15, -0.1) is 0 Å². The van der Waals surface area contributed by atoms with Crippen LogP contribution >= 0.6 is 0 Å². The largest absolute Gasteiger partial charge is 0.497 e. The van der Waals surface area contributed by atoms with E-state index < -0.39 is 11.4 Å². The number of nitrogens with zero attached hydrogens (tertiary/aromatic N) is 2. The zero-order chi connectivity index (χ0) is 20.1. The van der Waals surface area contributed by atoms with Crippen molar-refractivity contribution in [2.75, 3.05) is 13.7 Å². The van der Waals surface area contributed by atoms with Gasteiger partial charge in [0.05, 0.1) is 13.7 Å². The first kappa shape index (κ1) is 19.5. The Kier molecular flexibility index (Phi) is 5.70. The summed E-state index contributed by atoms with van der Waals surface area (Å²) in [5, 5.41) is 17.0. The third-order valence-corrected chi connectivity index (χ3v) is 4.22. The van der Waals surface area contributed by atoms with E-state index in [0.717, 1.165) is 5.56 Å². The molecule has 146 valence electrons. The van der Waals surface area contributed by atoms with E-state index in [1.54, 1.807) is 31.4 Å². The molecule has 8 heteroatoms. The molecule has 1 aromatic heterocycles. The minimum atomic E-state index is -1.34. The topological polar surface area (TPSA) is 97.5 Å². The van der Waals surface area contributed by atoms with Crippen LogP contribution in [0.15, 0.2) is 53.1 Å². The average molecular weight is 385 g/mol.